The Morgan fingerprint density at radius 1 is 1.32 bits per heavy atom. The third kappa shape index (κ3) is 6.58. The molecule has 0 aromatic heterocycles. The van der Waals surface area contributed by atoms with E-state index in [-0.39, 0.29) is 12.0 Å². The van der Waals surface area contributed by atoms with Gasteiger partial charge in [0.25, 0.3) is 0 Å². The summed E-state index contributed by atoms with van der Waals surface area (Å²) in [5, 5.41) is 0. The average Bonchev–Trinajstić information content (AvgIpc) is 2.34. The highest BCUT2D eigenvalue weighted by atomic mass is 32.2. The smallest absolute Gasteiger partial charge is 0.381 e. The fraction of sp³-hybridized carbons (Fsp3) is 1.00. The zero-order valence-electron chi connectivity index (χ0n) is 10.9. The summed E-state index contributed by atoms with van der Waals surface area (Å²) in [6, 6.07) is -0.304. The molecule has 1 fully saturated rings. The van der Waals surface area contributed by atoms with Gasteiger partial charge in [-0.25, -0.2) is 13.1 Å². The molecule has 0 amide bonds. The van der Waals surface area contributed by atoms with Gasteiger partial charge in [-0.1, -0.05) is 6.92 Å². The molecule has 0 radical (unpaired) electrons. The fourth-order valence-electron chi connectivity index (χ4n) is 2.17. The van der Waals surface area contributed by atoms with Crippen LogP contribution < -0.4 is 4.72 Å². The summed E-state index contributed by atoms with van der Waals surface area (Å²) < 4.78 is 67.0. The van der Waals surface area contributed by atoms with Gasteiger partial charge in [0.2, 0.25) is 10.0 Å². The minimum Gasteiger partial charge on any atom is -0.381 e. The zero-order valence-corrected chi connectivity index (χ0v) is 11.7. The lowest BCUT2D eigenvalue weighted by atomic mass is 9.91. The number of hydrogen-bond donors (Lipinski definition) is 1. The van der Waals surface area contributed by atoms with Gasteiger partial charge in [0.15, 0.2) is 0 Å². The topological polar surface area (TPSA) is 55.4 Å². The molecule has 1 aliphatic rings. The Morgan fingerprint density at radius 3 is 2.37 bits per heavy atom. The molecule has 1 saturated heterocycles. The first-order chi connectivity index (χ1) is 8.73. The van der Waals surface area contributed by atoms with E-state index in [0.29, 0.717) is 19.6 Å². The van der Waals surface area contributed by atoms with E-state index in [1.807, 2.05) is 6.92 Å². The van der Waals surface area contributed by atoms with Crippen molar-refractivity contribution in [2.75, 3.05) is 19.0 Å². The third-order valence-corrected chi connectivity index (χ3v) is 4.66. The van der Waals surface area contributed by atoms with Crippen LogP contribution in [-0.2, 0) is 14.8 Å². The van der Waals surface area contributed by atoms with Gasteiger partial charge in [-0.2, -0.15) is 13.2 Å². The molecule has 1 aliphatic heterocycles. The minimum atomic E-state index is -4.45. The molecule has 0 aliphatic carbocycles. The lowest BCUT2D eigenvalue weighted by molar-refractivity contribution is -0.130. The second kappa shape index (κ2) is 6.90. The molecule has 0 unspecified atom stereocenters. The van der Waals surface area contributed by atoms with Crippen molar-refractivity contribution in [3.8, 4) is 0 Å². The monoisotopic (exact) mass is 303 g/mol. The Kier molecular flexibility index (Phi) is 6.07. The van der Waals surface area contributed by atoms with E-state index in [4.69, 9.17) is 4.74 Å². The molecule has 1 rings (SSSR count). The molecule has 1 atom stereocenters. The van der Waals surface area contributed by atoms with Crippen molar-refractivity contribution in [3.63, 3.8) is 0 Å². The maximum atomic E-state index is 12.1. The number of hydrogen-bond acceptors (Lipinski definition) is 3. The van der Waals surface area contributed by atoms with Crippen LogP contribution in [-0.4, -0.2) is 39.6 Å². The van der Waals surface area contributed by atoms with Gasteiger partial charge in [-0.05, 0) is 25.2 Å². The van der Waals surface area contributed by atoms with E-state index in [1.54, 1.807) is 0 Å². The van der Waals surface area contributed by atoms with E-state index >= 15 is 0 Å². The maximum Gasteiger partial charge on any atom is 0.390 e. The summed E-state index contributed by atoms with van der Waals surface area (Å²) >= 11 is 0. The van der Waals surface area contributed by atoms with Gasteiger partial charge in [0, 0.05) is 19.3 Å². The van der Waals surface area contributed by atoms with Crippen LogP contribution in [0.1, 0.15) is 32.6 Å². The van der Waals surface area contributed by atoms with E-state index < -0.39 is 28.4 Å². The molecule has 8 heteroatoms. The van der Waals surface area contributed by atoms with E-state index in [0.717, 1.165) is 12.8 Å². The Labute approximate surface area is 111 Å². The first kappa shape index (κ1) is 16.7. The summed E-state index contributed by atoms with van der Waals surface area (Å²) in [7, 11) is -3.89. The molecule has 0 saturated carbocycles. The molecule has 1 heterocycles. The lowest BCUT2D eigenvalue weighted by Crippen LogP contribution is -2.43. The number of ether oxygens (including phenoxy) is 1. The van der Waals surface area contributed by atoms with Crippen molar-refractivity contribution in [2.24, 2.45) is 5.92 Å². The first-order valence-corrected chi connectivity index (χ1v) is 8.03. The molecule has 19 heavy (non-hydrogen) atoms. The van der Waals surface area contributed by atoms with Crippen LogP contribution in [0.25, 0.3) is 0 Å². The molecular formula is C11H20F3NO3S. The Balaban J connectivity index is 2.53. The number of halogens is 3. The second-order valence-corrected chi connectivity index (χ2v) is 6.64. The lowest BCUT2D eigenvalue weighted by Gasteiger charge is -2.30. The zero-order chi connectivity index (χ0) is 14.5. The molecule has 1 N–H and O–H groups in total. The standard InChI is InChI=1S/C11H20F3NO3S/c1-2-10(9-3-6-18-7-4-9)15-19(16,17)8-5-11(12,13)14/h9-10,15H,2-8H2,1H3/t10-/m1/s1. The van der Waals surface area contributed by atoms with Crippen molar-refractivity contribution in [1.29, 1.82) is 0 Å². The van der Waals surface area contributed by atoms with Gasteiger partial charge in [-0.15, -0.1) is 0 Å². The van der Waals surface area contributed by atoms with Crippen LogP contribution >= 0.6 is 0 Å². The van der Waals surface area contributed by atoms with Crippen molar-refractivity contribution in [2.45, 2.75) is 44.8 Å². The number of alkyl halides is 3. The number of rotatable bonds is 6. The molecule has 0 aromatic rings. The summed E-state index contributed by atoms with van der Waals surface area (Å²) in [6.45, 7) is 2.98. The van der Waals surface area contributed by atoms with E-state index in [2.05, 4.69) is 4.72 Å². The quantitative estimate of drug-likeness (QED) is 0.817. The van der Waals surface area contributed by atoms with Crippen LogP contribution in [0.5, 0.6) is 0 Å². The van der Waals surface area contributed by atoms with Gasteiger partial charge in [0.1, 0.15) is 0 Å². The largest absolute Gasteiger partial charge is 0.390 e. The summed E-state index contributed by atoms with van der Waals surface area (Å²) in [6.07, 6.45) is -3.72. The van der Waals surface area contributed by atoms with Gasteiger partial charge in [-0.3, -0.25) is 0 Å². The highest BCUT2D eigenvalue weighted by Gasteiger charge is 2.32. The van der Waals surface area contributed by atoms with E-state index in [1.165, 1.54) is 0 Å². The predicted octanol–water partition coefficient (Wildman–Crippen LogP) is 2.06. The predicted molar refractivity (Wildman–Crippen MR) is 65.2 cm³/mol. The number of sulfonamides is 1. The fourth-order valence-corrected chi connectivity index (χ4v) is 3.61. The third-order valence-electron chi connectivity index (χ3n) is 3.26. The highest BCUT2D eigenvalue weighted by molar-refractivity contribution is 7.89. The molecule has 0 spiro atoms. The van der Waals surface area contributed by atoms with Gasteiger partial charge >= 0.3 is 6.18 Å². The van der Waals surface area contributed by atoms with Crippen molar-refractivity contribution in [1.82, 2.24) is 4.72 Å². The molecule has 114 valence electrons. The molecule has 0 aromatic carbocycles. The number of nitrogens with one attached hydrogen (secondary N) is 1. The minimum absolute atomic E-state index is 0.138. The van der Waals surface area contributed by atoms with Gasteiger partial charge < -0.3 is 4.74 Å². The molecule has 0 bridgehead atoms. The van der Waals surface area contributed by atoms with Crippen LogP contribution in [0, 0.1) is 5.92 Å². The molecular weight excluding hydrogens is 283 g/mol. The van der Waals surface area contributed by atoms with Crippen molar-refractivity contribution < 1.29 is 26.3 Å². The highest BCUT2D eigenvalue weighted by Crippen LogP contribution is 2.23. The SMILES string of the molecule is CC[C@@H](NS(=O)(=O)CCC(F)(F)F)C1CCOCC1. The van der Waals surface area contributed by atoms with Crippen LogP contribution in [0.15, 0.2) is 0 Å². The van der Waals surface area contributed by atoms with Crippen LogP contribution in [0.4, 0.5) is 13.2 Å². The maximum absolute atomic E-state index is 12.1. The average molecular weight is 303 g/mol. The Bertz CT molecular complexity index is 364. The summed E-state index contributed by atoms with van der Waals surface area (Å²) in [4.78, 5) is 0. The summed E-state index contributed by atoms with van der Waals surface area (Å²) in [5.41, 5.74) is 0. The Morgan fingerprint density at radius 2 is 1.89 bits per heavy atom. The van der Waals surface area contributed by atoms with Crippen LogP contribution in [0.2, 0.25) is 0 Å². The first-order valence-electron chi connectivity index (χ1n) is 6.38. The van der Waals surface area contributed by atoms with Crippen molar-refractivity contribution in [3.05, 3.63) is 0 Å². The van der Waals surface area contributed by atoms with Gasteiger partial charge in [0.05, 0.1) is 12.2 Å². The normalized spacial score (nSPS) is 20.4. The summed E-state index contributed by atoms with van der Waals surface area (Å²) in [5.74, 6) is -0.768. The van der Waals surface area contributed by atoms with Crippen molar-refractivity contribution >= 4 is 10.0 Å². The second-order valence-electron chi connectivity index (χ2n) is 4.77. The molecule has 4 nitrogen and oxygen atoms in total. The Hall–Kier alpha value is -0.340. The van der Waals surface area contributed by atoms with Crippen LogP contribution in [0.3, 0.4) is 0 Å². The van der Waals surface area contributed by atoms with E-state index in [9.17, 15) is 21.6 Å².